The third-order valence-electron chi connectivity index (χ3n) is 7.54. The van der Waals surface area contributed by atoms with Gasteiger partial charge >= 0.3 is 0 Å². The molecular weight excluding hydrogens is 424 g/mol. The first-order valence-electron chi connectivity index (χ1n) is 15.2. The van der Waals surface area contributed by atoms with Crippen LogP contribution >= 0.6 is 0 Å². The van der Waals surface area contributed by atoms with Crippen molar-refractivity contribution in [3.8, 4) is 0 Å². The highest BCUT2D eigenvalue weighted by Gasteiger charge is 2.35. The molecule has 5 atom stereocenters. The van der Waals surface area contributed by atoms with Gasteiger partial charge in [0.25, 0.3) is 0 Å². The molecular formula is C30H60O4. The molecule has 1 heterocycles. The average Bonchev–Trinajstić information content (AvgIpc) is 2.82. The molecule has 2 N–H and O–H groups in total. The molecule has 4 heteroatoms. The summed E-state index contributed by atoms with van der Waals surface area (Å²) in [7, 11) is 0. The van der Waals surface area contributed by atoms with Crippen LogP contribution in [-0.2, 0) is 9.47 Å². The Morgan fingerprint density at radius 3 is 1.53 bits per heavy atom. The average molecular weight is 485 g/mol. The summed E-state index contributed by atoms with van der Waals surface area (Å²) in [6.45, 7) is 7.12. The maximum atomic E-state index is 10.3. The van der Waals surface area contributed by atoms with Gasteiger partial charge in [-0.3, -0.25) is 0 Å². The smallest absolute Gasteiger partial charge is 0.186 e. The molecule has 1 rings (SSSR count). The van der Waals surface area contributed by atoms with E-state index in [9.17, 15) is 10.2 Å². The van der Waals surface area contributed by atoms with Crippen molar-refractivity contribution < 1.29 is 19.7 Å². The Morgan fingerprint density at radius 2 is 1.09 bits per heavy atom. The molecule has 0 amide bonds. The van der Waals surface area contributed by atoms with E-state index in [0.29, 0.717) is 18.9 Å². The first-order chi connectivity index (χ1) is 16.6. The van der Waals surface area contributed by atoms with Gasteiger partial charge in [-0.2, -0.15) is 0 Å². The second-order valence-electron chi connectivity index (χ2n) is 11.0. The van der Waals surface area contributed by atoms with Crippen molar-refractivity contribution in [2.75, 3.05) is 6.61 Å². The van der Waals surface area contributed by atoms with Crippen LogP contribution in [0.1, 0.15) is 156 Å². The van der Waals surface area contributed by atoms with Gasteiger partial charge in [0.15, 0.2) is 6.29 Å². The van der Waals surface area contributed by atoms with Gasteiger partial charge in [0, 0.05) is 6.42 Å². The minimum Gasteiger partial charge on any atom is -0.390 e. The lowest BCUT2D eigenvalue weighted by Gasteiger charge is -2.36. The molecule has 1 fully saturated rings. The molecule has 1 aliphatic heterocycles. The number of aliphatic hydroxyl groups excluding tert-OH is 2. The quantitative estimate of drug-likeness (QED) is 0.143. The van der Waals surface area contributed by atoms with E-state index in [0.717, 1.165) is 0 Å². The van der Waals surface area contributed by atoms with Crippen LogP contribution in [0.25, 0.3) is 0 Å². The SMILES string of the molecule is CCCCCCCCCCCCC(CCCCCCCCCC)COC1O[C@@H](C)C[C@@H](O)[C@@H]1O. The lowest BCUT2D eigenvalue weighted by molar-refractivity contribution is -0.266. The summed E-state index contributed by atoms with van der Waals surface area (Å²) in [5.41, 5.74) is 0. The molecule has 1 aliphatic rings. The maximum Gasteiger partial charge on any atom is 0.186 e. The van der Waals surface area contributed by atoms with Crippen LogP contribution < -0.4 is 0 Å². The van der Waals surface area contributed by atoms with Crippen LogP contribution in [0.4, 0.5) is 0 Å². The Morgan fingerprint density at radius 1 is 0.676 bits per heavy atom. The summed E-state index contributed by atoms with van der Waals surface area (Å²) in [5, 5.41) is 20.3. The van der Waals surface area contributed by atoms with E-state index in [1.165, 1.54) is 128 Å². The number of hydrogen-bond donors (Lipinski definition) is 2. The Labute approximate surface area is 212 Å². The molecule has 204 valence electrons. The van der Waals surface area contributed by atoms with Gasteiger partial charge in [-0.05, 0) is 25.7 Å². The minimum absolute atomic E-state index is 0.0727. The summed E-state index contributed by atoms with van der Waals surface area (Å²) >= 11 is 0. The Bertz CT molecular complexity index is 430. The topological polar surface area (TPSA) is 58.9 Å². The Kier molecular flexibility index (Phi) is 20.7. The lowest BCUT2D eigenvalue weighted by atomic mass is 9.94. The van der Waals surface area contributed by atoms with Crippen molar-refractivity contribution in [3.63, 3.8) is 0 Å². The predicted octanol–water partition coefficient (Wildman–Crippen LogP) is 8.32. The molecule has 0 spiro atoms. The molecule has 0 bridgehead atoms. The van der Waals surface area contributed by atoms with Crippen molar-refractivity contribution in [2.24, 2.45) is 5.92 Å². The lowest BCUT2D eigenvalue weighted by Crippen LogP contribution is -2.49. The van der Waals surface area contributed by atoms with Crippen LogP contribution in [0.5, 0.6) is 0 Å². The van der Waals surface area contributed by atoms with E-state index in [-0.39, 0.29) is 6.10 Å². The van der Waals surface area contributed by atoms with Crippen molar-refractivity contribution in [1.29, 1.82) is 0 Å². The van der Waals surface area contributed by atoms with Gasteiger partial charge in [0.1, 0.15) is 6.10 Å². The van der Waals surface area contributed by atoms with Gasteiger partial charge in [0.2, 0.25) is 0 Å². The van der Waals surface area contributed by atoms with Crippen LogP contribution in [-0.4, -0.2) is 41.4 Å². The highest BCUT2D eigenvalue weighted by atomic mass is 16.7. The molecule has 0 radical (unpaired) electrons. The third kappa shape index (κ3) is 16.5. The molecule has 1 saturated heterocycles. The second kappa shape index (κ2) is 22.1. The number of unbranched alkanes of at least 4 members (excludes halogenated alkanes) is 16. The van der Waals surface area contributed by atoms with E-state index < -0.39 is 18.5 Å². The van der Waals surface area contributed by atoms with Crippen LogP contribution in [0, 0.1) is 5.92 Å². The third-order valence-corrected chi connectivity index (χ3v) is 7.54. The second-order valence-corrected chi connectivity index (χ2v) is 11.0. The first-order valence-corrected chi connectivity index (χ1v) is 15.2. The van der Waals surface area contributed by atoms with Gasteiger partial charge in [0.05, 0.1) is 18.8 Å². The fraction of sp³-hybridized carbons (Fsp3) is 1.00. The fourth-order valence-electron chi connectivity index (χ4n) is 5.19. The summed E-state index contributed by atoms with van der Waals surface area (Å²) in [4.78, 5) is 0. The summed E-state index contributed by atoms with van der Waals surface area (Å²) in [6.07, 6.45) is 24.9. The normalized spacial score (nSPS) is 23.9. The van der Waals surface area contributed by atoms with E-state index in [4.69, 9.17) is 9.47 Å². The molecule has 0 aliphatic carbocycles. The zero-order valence-electron chi connectivity index (χ0n) is 23.2. The molecule has 0 aromatic heterocycles. The molecule has 0 saturated carbocycles. The highest BCUT2D eigenvalue weighted by Crippen LogP contribution is 2.25. The monoisotopic (exact) mass is 484 g/mol. The van der Waals surface area contributed by atoms with E-state index in [1.54, 1.807) is 0 Å². The predicted molar refractivity (Wildman–Crippen MR) is 144 cm³/mol. The van der Waals surface area contributed by atoms with Gasteiger partial charge in [-0.15, -0.1) is 0 Å². The fourth-order valence-corrected chi connectivity index (χ4v) is 5.19. The molecule has 0 aromatic rings. The number of hydrogen-bond acceptors (Lipinski definition) is 4. The van der Waals surface area contributed by atoms with Crippen LogP contribution in [0.15, 0.2) is 0 Å². The molecule has 0 aromatic carbocycles. The number of ether oxygens (including phenoxy) is 2. The van der Waals surface area contributed by atoms with Crippen molar-refractivity contribution >= 4 is 0 Å². The van der Waals surface area contributed by atoms with Gasteiger partial charge < -0.3 is 19.7 Å². The zero-order chi connectivity index (χ0) is 24.9. The molecule has 34 heavy (non-hydrogen) atoms. The summed E-state index contributed by atoms with van der Waals surface area (Å²) < 4.78 is 11.8. The first kappa shape index (κ1) is 31.9. The maximum absolute atomic E-state index is 10.3. The van der Waals surface area contributed by atoms with Crippen LogP contribution in [0.2, 0.25) is 0 Å². The summed E-state index contributed by atoms with van der Waals surface area (Å²) in [6, 6.07) is 0. The van der Waals surface area contributed by atoms with Crippen molar-refractivity contribution in [3.05, 3.63) is 0 Å². The van der Waals surface area contributed by atoms with Gasteiger partial charge in [-0.1, -0.05) is 129 Å². The van der Waals surface area contributed by atoms with E-state index in [1.807, 2.05) is 6.92 Å². The molecule has 2 unspecified atom stereocenters. The van der Waals surface area contributed by atoms with Crippen molar-refractivity contribution in [1.82, 2.24) is 0 Å². The van der Waals surface area contributed by atoms with Crippen LogP contribution in [0.3, 0.4) is 0 Å². The minimum atomic E-state index is -0.933. The Hall–Kier alpha value is -0.160. The highest BCUT2D eigenvalue weighted by molar-refractivity contribution is 4.79. The molecule has 4 nitrogen and oxygen atoms in total. The standard InChI is InChI=1S/C30H60O4/c1-4-6-8-10-12-14-15-17-19-21-23-27(22-20-18-16-13-11-9-7-5-2)25-33-30-29(32)28(31)24-26(3)34-30/h26-32H,4-25H2,1-3H3/t26-,27?,28+,29-,30?/m0/s1. The Balaban J connectivity index is 2.26. The van der Waals surface area contributed by atoms with E-state index in [2.05, 4.69) is 13.8 Å². The van der Waals surface area contributed by atoms with Gasteiger partial charge in [-0.25, -0.2) is 0 Å². The zero-order valence-corrected chi connectivity index (χ0v) is 23.2. The largest absolute Gasteiger partial charge is 0.390 e. The summed E-state index contributed by atoms with van der Waals surface area (Å²) in [5.74, 6) is 0.527. The number of aliphatic hydroxyl groups is 2. The van der Waals surface area contributed by atoms with E-state index >= 15 is 0 Å². The number of rotatable bonds is 23. The van der Waals surface area contributed by atoms with Crippen molar-refractivity contribution in [2.45, 2.75) is 180 Å².